The monoisotopic (exact) mass is 385 g/mol. The highest BCUT2D eigenvalue weighted by atomic mass is 79.9. The van der Waals surface area contributed by atoms with Gasteiger partial charge in [-0.25, -0.2) is 9.10 Å². The molecule has 2 rings (SSSR count). The number of hydrogen-bond donors (Lipinski definition) is 1. The molecule has 0 amide bonds. The Morgan fingerprint density at radius 2 is 1.95 bits per heavy atom. The van der Waals surface area contributed by atoms with Gasteiger partial charge < -0.3 is 9.84 Å². The van der Waals surface area contributed by atoms with Crippen LogP contribution >= 0.6 is 27.9 Å². The van der Waals surface area contributed by atoms with E-state index in [1.54, 1.807) is 4.31 Å². The van der Waals surface area contributed by atoms with Gasteiger partial charge in [0.1, 0.15) is 0 Å². The summed E-state index contributed by atoms with van der Waals surface area (Å²) in [5.41, 5.74) is -1.05. The Kier molecular flexibility index (Phi) is 5.18. The molecule has 1 N–H and O–H groups in total. The Bertz CT molecular complexity index is 547. The first-order chi connectivity index (χ1) is 9.79. The van der Waals surface area contributed by atoms with E-state index in [4.69, 9.17) is 9.84 Å². The third kappa shape index (κ3) is 4.12. The average molecular weight is 386 g/mol. The lowest BCUT2D eigenvalue weighted by atomic mass is 10.1. The number of benzene rings is 1. The molecule has 1 aromatic rings. The number of carbonyl (C=O) groups is 1. The lowest BCUT2D eigenvalue weighted by Crippen LogP contribution is -2.31. The van der Waals surface area contributed by atoms with Gasteiger partial charge in [0.2, 0.25) is 0 Å². The highest BCUT2D eigenvalue weighted by molar-refractivity contribution is 9.10. The number of carboxylic acid groups (broad SMARTS) is 1. The number of halogens is 4. The van der Waals surface area contributed by atoms with Crippen LogP contribution in [0.2, 0.25) is 0 Å². The lowest BCUT2D eigenvalue weighted by molar-refractivity contribution is -0.139. The van der Waals surface area contributed by atoms with E-state index in [0.717, 1.165) is 24.1 Å². The number of morpholine rings is 1. The predicted octanol–water partition coefficient (Wildman–Crippen LogP) is 3.51. The van der Waals surface area contributed by atoms with Crippen molar-refractivity contribution in [3.05, 3.63) is 27.7 Å². The molecule has 1 heterocycles. The molecule has 1 aromatic carbocycles. The van der Waals surface area contributed by atoms with Crippen molar-refractivity contribution in [1.82, 2.24) is 4.31 Å². The Balaban J connectivity index is 2.39. The number of aromatic carboxylic acids is 1. The molecular weight excluding hydrogens is 375 g/mol. The maximum Gasteiger partial charge on any atom is 0.417 e. The molecule has 1 aliphatic heterocycles. The zero-order valence-electron chi connectivity index (χ0n) is 10.6. The molecule has 0 aromatic heterocycles. The van der Waals surface area contributed by atoms with E-state index in [0.29, 0.717) is 26.3 Å². The maximum absolute atomic E-state index is 13.1. The molecule has 1 fully saturated rings. The fraction of sp³-hybridized carbons (Fsp3) is 0.417. The van der Waals surface area contributed by atoms with Crippen LogP contribution < -0.4 is 0 Å². The van der Waals surface area contributed by atoms with Gasteiger partial charge in [-0.05, 0) is 40.0 Å². The van der Waals surface area contributed by atoms with Gasteiger partial charge in [0.25, 0.3) is 0 Å². The van der Waals surface area contributed by atoms with Crippen LogP contribution in [0.15, 0.2) is 21.5 Å². The molecular formula is C12H11BrF3NO3S. The lowest BCUT2D eigenvalue weighted by Gasteiger charge is -2.26. The summed E-state index contributed by atoms with van der Waals surface area (Å²) in [6, 6.07) is 1.86. The smallest absolute Gasteiger partial charge is 0.417 e. The minimum atomic E-state index is -4.55. The summed E-state index contributed by atoms with van der Waals surface area (Å²) in [4.78, 5) is 11.0. The molecule has 1 aliphatic rings. The van der Waals surface area contributed by atoms with Gasteiger partial charge in [0, 0.05) is 22.5 Å². The molecule has 1 saturated heterocycles. The number of hydrogen-bond acceptors (Lipinski definition) is 4. The molecule has 0 spiro atoms. The fourth-order valence-electron chi connectivity index (χ4n) is 1.79. The molecule has 0 atom stereocenters. The number of rotatable bonds is 3. The van der Waals surface area contributed by atoms with Crippen molar-refractivity contribution in [2.24, 2.45) is 0 Å². The van der Waals surface area contributed by atoms with Gasteiger partial charge in [-0.1, -0.05) is 0 Å². The normalized spacial score (nSPS) is 17.0. The SMILES string of the molecule is O=C(O)c1cc(SN2CCOCC2)c(C(F)(F)F)cc1Br. The topological polar surface area (TPSA) is 49.8 Å². The minimum absolute atomic E-state index is 0.0892. The van der Waals surface area contributed by atoms with Crippen molar-refractivity contribution in [3.63, 3.8) is 0 Å². The molecule has 116 valence electrons. The average Bonchev–Trinajstić information content (AvgIpc) is 2.40. The summed E-state index contributed by atoms with van der Waals surface area (Å²) < 4.78 is 46.0. The minimum Gasteiger partial charge on any atom is -0.478 e. The first kappa shape index (κ1) is 16.6. The third-order valence-corrected chi connectivity index (χ3v) is 4.62. The molecule has 9 heteroatoms. The third-order valence-electron chi connectivity index (χ3n) is 2.80. The zero-order chi connectivity index (χ0) is 15.6. The van der Waals surface area contributed by atoms with Crippen molar-refractivity contribution in [2.45, 2.75) is 11.1 Å². The van der Waals surface area contributed by atoms with Crippen molar-refractivity contribution in [3.8, 4) is 0 Å². The summed E-state index contributed by atoms with van der Waals surface area (Å²) in [7, 11) is 0. The van der Waals surface area contributed by atoms with Crippen LogP contribution in [-0.4, -0.2) is 41.7 Å². The Labute approximate surface area is 131 Å². The second-order valence-corrected chi connectivity index (χ2v) is 6.26. The van der Waals surface area contributed by atoms with Crippen molar-refractivity contribution < 1.29 is 27.8 Å². The van der Waals surface area contributed by atoms with Gasteiger partial charge in [0.15, 0.2) is 0 Å². The molecule has 0 radical (unpaired) electrons. The van der Waals surface area contributed by atoms with E-state index in [1.807, 2.05) is 0 Å². The standard InChI is InChI=1S/C12H11BrF3NO3S/c13-9-6-8(12(14,15)16)10(5-7(9)11(18)19)21-17-1-3-20-4-2-17/h5-6H,1-4H2,(H,18,19). The molecule has 0 aliphatic carbocycles. The number of carboxylic acids is 1. The fourth-order valence-corrected chi connectivity index (χ4v) is 3.36. The molecule has 0 unspecified atom stereocenters. The van der Waals surface area contributed by atoms with Crippen LogP contribution in [-0.2, 0) is 10.9 Å². The Hall–Kier alpha value is -0.770. The van der Waals surface area contributed by atoms with Crippen molar-refractivity contribution in [1.29, 1.82) is 0 Å². The molecule has 0 bridgehead atoms. The van der Waals surface area contributed by atoms with Crippen LogP contribution in [0.1, 0.15) is 15.9 Å². The van der Waals surface area contributed by atoms with Crippen LogP contribution in [0.3, 0.4) is 0 Å². The van der Waals surface area contributed by atoms with Gasteiger partial charge in [-0.15, -0.1) is 0 Å². The molecule has 4 nitrogen and oxygen atoms in total. The number of nitrogens with zero attached hydrogens (tertiary/aromatic N) is 1. The largest absolute Gasteiger partial charge is 0.478 e. The van der Waals surface area contributed by atoms with E-state index in [1.165, 1.54) is 0 Å². The quantitative estimate of drug-likeness (QED) is 0.806. The summed E-state index contributed by atoms with van der Waals surface area (Å²) in [5.74, 6) is -1.28. The Morgan fingerprint density at radius 1 is 1.33 bits per heavy atom. The van der Waals surface area contributed by atoms with Crippen molar-refractivity contribution in [2.75, 3.05) is 26.3 Å². The summed E-state index contributed by atoms with van der Waals surface area (Å²) in [5, 5.41) is 9.04. The van der Waals surface area contributed by atoms with Crippen LogP contribution in [0.4, 0.5) is 13.2 Å². The van der Waals surface area contributed by atoms with E-state index in [-0.39, 0.29) is 14.9 Å². The summed E-state index contributed by atoms with van der Waals surface area (Å²) in [6.07, 6.45) is -4.55. The van der Waals surface area contributed by atoms with Gasteiger partial charge >= 0.3 is 12.1 Å². The Morgan fingerprint density at radius 3 is 2.48 bits per heavy atom. The van der Waals surface area contributed by atoms with Crippen molar-refractivity contribution >= 4 is 33.8 Å². The highest BCUT2D eigenvalue weighted by Crippen LogP contribution is 2.40. The molecule has 0 saturated carbocycles. The van der Waals surface area contributed by atoms with E-state index < -0.39 is 17.7 Å². The number of ether oxygens (including phenoxy) is 1. The van der Waals surface area contributed by atoms with Gasteiger partial charge in [-0.3, -0.25) is 0 Å². The van der Waals surface area contributed by atoms with Gasteiger partial charge in [0.05, 0.1) is 24.3 Å². The zero-order valence-corrected chi connectivity index (χ0v) is 13.0. The first-order valence-electron chi connectivity index (χ1n) is 5.93. The van der Waals surface area contributed by atoms with Crippen LogP contribution in [0, 0.1) is 0 Å². The second kappa shape index (κ2) is 6.55. The summed E-state index contributed by atoms with van der Waals surface area (Å²) in [6.45, 7) is 1.86. The second-order valence-electron chi connectivity index (χ2n) is 4.26. The maximum atomic E-state index is 13.1. The number of alkyl halides is 3. The van der Waals surface area contributed by atoms with E-state index in [9.17, 15) is 18.0 Å². The van der Waals surface area contributed by atoms with E-state index in [2.05, 4.69) is 15.9 Å². The first-order valence-corrected chi connectivity index (χ1v) is 7.50. The predicted molar refractivity (Wildman–Crippen MR) is 74.4 cm³/mol. The summed E-state index contributed by atoms with van der Waals surface area (Å²) >= 11 is 3.78. The highest BCUT2D eigenvalue weighted by Gasteiger charge is 2.35. The van der Waals surface area contributed by atoms with Crippen LogP contribution in [0.5, 0.6) is 0 Å². The molecule has 21 heavy (non-hydrogen) atoms. The van der Waals surface area contributed by atoms with Crippen LogP contribution in [0.25, 0.3) is 0 Å². The van der Waals surface area contributed by atoms with E-state index >= 15 is 0 Å². The van der Waals surface area contributed by atoms with Gasteiger partial charge in [-0.2, -0.15) is 13.2 Å².